The van der Waals surface area contributed by atoms with E-state index in [9.17, 15) is 13.2 Å². The lowest BCUT2D eigenvalue weighted by Gasteiger charge is -2.09. The minimum atomic E-state index is -3.41. The van der Waals surface area contributed by atoms with Crippen LogP contribution in [-0.2, 0) is 14.8 Å². The van der Waals surface area contributed by atoms with Crippen LogP contribution in [0.5, 0.6) is 0 Å². The molecular formula is C11H15NO4S. The van der Waals surface area contributed by atoms with Gasteiger partial charge in [-0.15, -0.1) is 0 Å². The van der Waals surface area contributed by atoms with Gasteiger partial charge < -0.3 is 4.74 Å². The van der Waals surface area contributed by atoms with Crippen molar-refractivity contribution in [1.29, 1.82) is 0 Å². The summed E-state index contributed by atoms with van der Waals surface area (Å²) < 4.78 is 29.5. The second-order valence-electron chi connectivity index (χ2n) is 3.56. The van der Waals surface area contributed by atoms with E-state index < -0.39 is 16.0 Å². The molecule has 0 bridgehead atoms. The van der Waals surface area contributed by atoms with Crippen molar-refractivity contribution < 1.29 is 17.9 Å². The van der Waals surface area contributed by atoms with Crippen LogP contribution >= 0.6 is 0 Å². The molecule has 0 spiro atoms. The van der Waals surface area contributed by atoms with Gasteiger partial charge >= 0.3 is 5.97 Å². The Balaban J connectivity index is 2.95. The smallest absolute Gasteiger partial charge is 0.340 e. The third kappa shape index (κ3) is 4.44. The monoisotopic (exact) mass is 257 g/mol. The van der Waals surface area contributed by atoms with E-state index in [0.29, 0.717) is 13.0 Å². The number of carbonyl (C=O) groups is 1. The number of anilines is 1. The zero-order valence-electron chi connectivity index (χ0n) is 9.76. The van der Waals surface area contributed by atoms with E-state index in [1.165, 1.54) is 12.1 Å². The van der Waals surface area contributed by atoms with E-state index in [1.54, 1.807) is 12.1 Å². The molecule has 6 heteroatoms. The fourth-order valence-corrected chi connectivity index (χ4v) is 1.80. The van der Waals surface area contributed by atoms with Crippen molar-refractivity contribution in [1.82, 2.24) is 0 Å². The van der Waals surface area contributed by atoms with Gasteiger partial charge in [0.2, 0.25) is 10.0 Å². The minimum absolute atomic E-state index is 0.214. The fraction of sp³-hybridized carbons (Fsp3) is 0.364. The Morgan fingerprint density at radius 1 is 1.35 bits per heavy atom. The van der Waals surface area contributed by atoms with Crippen LogP contribution in [-0.4, -0.2) is 27.2 Å². The number of hydrogen-bond donors (Lipinski definition) is 1. The van der Waals surface area contributed by atoms with Crippen LogP contribution in [0.25, 0.3) is 0 Å². The number of hydrogen-bond acceptors (Lipinski definition) is 4. The van der Waals surface area contributed by atoms with Gasteiger partial charge in [-0.3, -0.25) is 4.72 Å². The van der Waals surface area contributed by atoms with E-state index in [4.69, 9.17) is 4.74 Å². The van der Waals surface area contributed by atoms with Crippen LogP contribution in [0.3, 0.4) is 0 Å². The van der Waals surface area contributed by atoms with Gasteiger partial charge in [0.1, 0.15) is 0 Å². The van der Waals surface area contributed by atoms with Crippen LogP contribution in [0.2, 0.25) is 0 Å². The molecule has 0 aliphatic rings. The van der Waals surface area contributed by atoms with E-state index in [1.807, 2.05) is 6.92 Å². The van der Waals surface area contributed by atoms with Crippen LogP contribution in [0.1, 0.15) is 23.7 Å². The zero-order valence-corrected chi connectivity index (χ0v) is 10.6. The standard InChI is InChI=1S/C11H15NO4S/c1-3-8-16-11(13)9-6-4-5-7-10(9)12-17(2,14)15/h4-7,12H,3,8H2,1-2H3. The first kappa shape index (κ1) is 13.5. The van der Waals surface area contributed by atoms with Crippen molar-refractivity contribution in [2.75, 3.05) is 17.6 Å². The summed E-state index contributed by atoms with van der Waals surface area (Å²) in [4.78, 5) is 11.7. The maximum atomic E-state index is 11.7. The van der Waals surface area contributed by atoms with E-state index in [2.05, 4.69) is 4.72 Å². The highest BCUT2D eigenvalue weighted by Crippen LogP contribution is 2.17. The van der Waals surface area contributed by atoms with Gasteiger partial charge in [0.25, 0.3) is 0 Å². The molecule has 0 radical (unpaired) electrons. The van der Waals surface area contributed by atoms with Gasteiger partial charge in [-0.05, 0) is 18.6 Å². The number of carbonyl (C=O) groups excluding carboxylic acids is 1. The Kier molecular flexibility index (Phi) is 4.51. The maximum Gasteiger partial charge on any atom is 0.340 e. The van der Waals surface area contributed by atoms with Gasteiger partial charge in [0.05, 0.1) is 24.1 Å². The lowest BCUT2D eigenvalue weighted by molar-refractivity contribution is 0.0506. The summed E-state index contributed by atoms with van der Waals surface area (Å²) in [7, 11) is -3.41. The van der Waals surface area contributed by atoms with Gasteiger partial charge in [-0.25, -0.2) is 13.2 Å². The molecule has 0 aromatic heterocycles. The molecule has 0 saturated heterocycles. The average molecular weight is 257 g/mol. The van der Waals surface area contributed by atoms with Crippen molar-refractivity contribution in [3.8, 4) is 0 Å². The van der Waals surface area contributed by atoms with Crippen LogP contribution in [0, 0.1) is 0 Å². The van der Waals surface area contributed by atoms with Crippen molar-refractivity contribution in [3.63, 3.8) is 0 Å². The number of rotatable bonds is 5. The fourth-order valence-electron chi connectivity index (χ4n) is 1.22. The third-order valence-corrected chi connectivity index (χ3v) is 2.47. The molecule has 0 saturated carbocycles. The number of benzene rings is 1. The molecule has 0 aliphatic carbocycles. The lowest BCUT2D eigenvalue weighted by atomic mass is 10.2. The molecule has 0 fully saturated rings. The van der Waals surface area contributed by atoms with E-state index in [0.717, 1.165) is 6.26 Å². The summed E-state index contributed by atoms with van der Waals surface area (Å²) in [5.74, 6) is -0.529. The van der Waals surface area contributed by atoms with Gasteiger partial charge in [-0.1, -0.05) is 19.1 Å². The first-order chi connectivity index (χ1) is 7.94. The predicted octanol–water partition coefficient (Wildman–Crippen LogP) is 1.62. The Labute approximate surface area is 101 Å². The third-order valence-electron chi connectivity index (χ3n) is 1.88. The predicted molar refractivity (Wildman–Crippen MR) is 65.5 cm³/mol. The first-order valence-electron chi connectivity index (χ1n) is 5.18. The Morgan fingerprint density at radius 3 is 2.59 bits per heavy atom. The summed E-state index contributed by atoms with van der Waals surface area (Å²) in [6.45, 7) is 2.19. The van der Waals surface area contributed by atoms with Gasteiger partial charge in [0, 0.05) is 0 Å². The molecule has 1 aromatic carbocycles. The number of ether oxygens (including phenoxy) is 1. The Bertz CT molecular complexity index is 496. The number of sulfonamides is 1. The summed E-state index contributed by atoms with van der Waals surface area (Å²) in [5, 5.41) is 0. The molecule has 0 amide bonds. The largest absolute Gasteiger partial charge is 0.462 e. The van der Waals surface area contributed by atoms with Crippen molar-refractivity contribution in [2.45, 2.75) is 13.3 Å². The van der Waals surface area contributed by atoms with E-state index in [-0.39, 0.29) is 11.3 Å². The van der Waals surface area contributed by atoms with Crippen molar-refractivity contribution >= 4 is 21.7 Å². The van der Waals surface area contributed by atoms with Gasteiger partial charge in [0.15, 0.2) is 0 Å². The molecule has 17 heavy (non-hydrogen) atoms. The highest BCUT2D eigenvalue weighted by molar-refractivity contribution is 7.92. The second-order valence-corrected chi connectivity index (χ2v) is 5.30. The molecule has 0 unspecified atom stereocenters. The number of esters is 1. The molecule has 1 aromatic rings. The quantitative estimate of drug-likeness (QED) is 0.814. The minimum Gasteiger partial charge on any atom is -0.462 e. The molecule has 0 aliphatic heterocycles. The SMILES string of the molecule is CCCOC(=O)c1ccccc1NS(C)(=O)=O. The maximum absolute atomic E-state index is 11.7. The molecule has 0 heterocycles. The lowest BCUT2D eigenvalue weighted by Crippen LogP contribution is -2.14. The molecular weight excluding hydrogens is 242 g/mol. The topological polar surface area (TPSA) is 72.5 Å². The summed E-state index contributed by atoms with van der Waals surface area (Å²) in [6.07, 6.45) is 1.74. The normalized spacial score (nSPS) is 10.9. The highest BCUT2D eigenvalue weighted by atomic mass is 32.2. The summed E-state index contributed by atoms with van der Waals surface area (Å²) >= 11 is 0. The molecule has 94 valence electrons. The van der Waals surface area contributed by atoms with Crippen molar-refractivity contribution in [3.05, 3.63) is 29.8 Å². The second kappa shape index (κ2) is 5.67. The Hall–Kier alpha value is -1.56. The molecule has 1 rings (SSSR count). The van der Waals surface area contributed by atoms with E-state index >= 15 is 0 Å². The summed E-state index contributed by atoms with van der Waals surface area (Å²) in [5.41, 5.74) is 0.447. The molecule has 5 nitrogen and oxygen atoms in total. The Morgan fingerprint density at radius 2 is 2.00 bits per heavy atom. The molecule has 1 N–H and O–H groups in total. The number of nitrogens with one attached hydrogen (secondary N) is 1. The van der Waals surface area contributed by atoms with Crippen molar-refractivity contribution in [2.24, 2.45) is 0 Å². The zero-order chi connectivity index (χ0) is 12.9. The first-order valence-corrected chi connectivity index (χ1v) is 7.07. The van der Waals surface area contributed by atoms with Crippen LogP contribution < -0.4 is 4.72 Å². The average Bonchev–Trinajstić information content (AvgIpc) is 2.24. The highest BCUT2D eigenvalue weighted by Gasteiger charge is 2.14. The summed E-state index contributed by atoms with van der Waals surface area (Å²) in [6, 6.07) is 6.33. The molecule has 0 atom stereocenters. The van der Waals surface area contributed by atoms with Gasteiger partial charge in [-0.2, -0.15) is 0 Å². The number of para-hydroxylation sites is 1. The van der Waals surface area contributed by atoms with Crippen LogP contribution in [0.15, 0.2) is 24.3 Å². The van der Waals surface area contributed by atoms with Crippen LogP contribution in [0.4, 0.5) is 5.69 Å².